The van der Waals surface area contributed by atoms with Crippen LogP contribution in [-0.2, 0) is 17.9 Å². The van der Waals surface area contributed by atoms with E-state index in [9.17, 15) is 5.11 Å². The fourth-order valence-corrected chi connectivity index (χ4v) is 3.53. The lowest BCUT2D eigenvalue weighted by Gasteiger charge is -2.35. The second kappa shape index (κ2) is 9.25. The van der Waals surface area contributed by atoms with Gasteiger partial charge in [0, 0.05) is 50.3 Å². The topological polar surface area (TPSA) is 48.8 Å². The summed E-state index contributed by atoms with van der Waals surface area (Å²) >= 11 is 1.68. The average Bonchev–Trinajstić information content (AvgIpc) is 3.11. The fraction of sp³-hybridized carbons (Fsp3) is 0.500. The van der Waals surface area contributed by atoms with Crippen molar-refractivity contribution in [2.75, 3.05) is 39.3 Å². The molecule has 0 spiro atoms. The molecule has 0 aromatic carbocycles. The number of rotatable bonds is 8. The van der Waals surface area contributed by atoms with Gasteiger partial charge in [0.05, 0.1) is 25.0 Å². The maximum absolute atomic E-state index is 10.1. The minimum Gasteiger partial charge on any atom is -0.389 e. The molecule has 0 saturated carbocycles. The fourth-order valence-electron chi connectivity index (χ4n) is 2.89. The van der Waals surface area contributed by atoms with Crippen LogP contribution in [0.1, 0.15) is 10.6 Å². The molecule has 2 aromatic rings. The number of thiophene rings is 1. The number of hydrogen-bond donors (Lipinski definition) is 1. The third-order valence-electron chi connectivity index (χ3n) is 4.18. The minimum atomic E-state index is -0.424. The van der Waals surface area contributed by atoms with E-state index in [2.05, 4.69) is 26.9 Å². The second-order valence-electron chi connectivity index (χ2n) is 6.15. The van der Waals surface area contributed by atoms with Crippen molar-refractivity contribution in [3.8, 4) is 0 Å². The highest BCUT2D eigenvalue weighted by Gasteiger charge is 2.19. The summed E-state index contributed by atoms with van der Waals surface area (Å²) < 4.78 is 5.60. The highest BCUT2D eigenvalue weighted by atomic mass is 32.1. The molecule has 1 atom stereocenters. The van der Waals surface area contributed by atoms with Crippen LogP contribution in [-0.4, -0.2) is 65.3 Å². The number of aliphatic hydroxyl groups excluding tert-OH is 1. The van der Waals surface area contributed by atoms with Crippen LogP contribution >= 0.6 is 11.3 Å². The van der Waals surface area contributed by atoms with Crippen LogP contribution in [0.15, 0.2) is 41.9 Å². The summed E-state index contributed by atoms with van der Waals surface area (Å²) in [6, 6.07) is 10.1. The predicted octanol–water partition coefficient (Wildman–Crippen LogP) is 1.84. The highest BCUT2D eigenvalue weighted by Crippen LogP contribution is 2.10. The average molecular weight is 347 g/mol. The van der Waals surface area contributed by atoms with Crippen molar-refractivity contribution in [3.05, 3.63) is 52.5 Å². The quantitative estimate of drug-likeness (QED) is 0.790. The van der Waals surface area contributed by atoms with E-state index in [-0.39, 0.29) is 0 Å². The molecule has 6 heteroatoms. The van der Waals surface area contributed by atoms with Gasteiger partial charge in [0.1, 0.15) is 0 Å². The van der Waals surface area contributed by atoms with Crippen LogP contribution in [0.4, 0.5) is 0 Å². The summed E-state index contributed by atoms with van der Waals surface area (Å²) in [7, 11) is 0. The Balaban J connectivity index is 1.31. The molecule has 1 aliphatic heterocycles. The third-order valence-corrected chi connectivity index (χ3v) is 5.03. The van der Waals surface area contributed by atoms with Crippen LogP contribution in [0.5, 0.6) is 0 Å². The first-order valence-electron chi connectivity index (χ1n) is 8.42. The molecule has 0 unspecified atom stereocenters. The van der Waals surface area contributed by atoms with Crippen LogP contribution in [0.25, 0.3) is 0 Å². The summed E-state index contributed by atoms with van der Waals surface area (Å²) in [5.41, 5.74) is 1.12. The number of pyridine rings is 1. The van der Waals surface area contributed by atoms with E-state index in [4.69, 9.17) is 4.74 Å². The normalized spacial score (nSPS) is 17.9. The summed E-state index contributed by atoms with van der Waals surface area (Å²) in [5.74, 6) is 0. The van der Waals surface area contributed by atoms with E-state index < -0.39 is 6.10 Å². The monoisotopic (exact) mass is 347 g/mol. The van der Waals surface area contributed by atoms with Crippen molar-refractivity contribution in [3.63, 3.8) is 0 Å². The first-order valence-corrected chi connectivity index (χ1v) is 9.30. The largest absolute Gasteiger partial charge is 0.389 e. The molecular formula is C18H25N3O2S. The van der Waals surface area contributed by atoms with Gasteiger partial charge in [-0.15, -0.1) is 11.3 Å². The molecule has 1 aliphatic rings. The van der Waals surface area contributed by atoms with Gasteiger partial charge in [-0.3, -0.25) is 14.8 Å². The van der Waals surface area contributed by atoms with Crippen LogP contribution in [0.2, 0.25) is 0 Å². The lowest BCUT2D eigenvalue weighted by atomic mass is 10.2. The van der Waals surface area contributed by atoms with Gasteiger partial charge in [-0.25, -0.2) is 0 Å². The Morgan fingerprint density at radius 2 is 1.96 bits per heavy atom. The van der Waals surface area contributed by atoms with E-state index in [0.717, 1.165) is 38.4 Å². The van der Waals surface area contributed by atoms with Gasteiger partial charge < -0.3 is 9.84 Å². The van der Waals surface area contributed by atoms with Crippen molar-refractivity contribution >= 4 is 11.3 Å². The molecule has 3 rings (SSSR count). The van der Waals surface area contributed by atoms with Crippen LogP contribution in [0, 0.1) is 0 Å². The standard InChI is InChI=1S/C18H25N3O2S/c22-17(14-23-15-18-5-3-11-24-18)13-21-9-7-20(8-10-21)12-16-4-1-2-6-19-16/h1-6,11,17,22H,7-10,12-15H2/t17-/m0/s1. The molecule has 0 bridgehead atoms. The number of nitrogens with zero attached hydrogens (tertiary/aromatic N) is 3. The van der Waals surface area contributed by atoms with E-state index in [1.165, 1.54) is 4.88 Å². The van der Waals surface area contributed by atoms with E-state index in [1.807, 2.05) is 29.8 Å². The molecule has 1 saturated heterocycles. The van der Waals surface area contributed by atoms with Gasteiger partial charge in [-0.2, -0.15) is 0 Å². The Labute approximate surface area is 147 Å². The Kier molecular flexibility index (Phi) is 6.75. The van der Waals surface area contributed by atoms with Gasteiger partial charge in [-0.1, -0.05) is 12.1 Å². The molecule has 0 amide bonds. The highest BCUT2D eigenvalue weighted by molar-refractivity contribution is 7.09. The first kappa shape index (κ1) is 17.5. The van der Waals surface area contributed by atoms with Gasteiger partial charge in [-0.05, 0) is 23.6 Å². The van der Waals surface area contributed by atoms with E-state index >= 15 is 0 Å². The SMILES string of the molecule is O[C@H](COCc1cccs1)CN1CCN(Cc2ccccn2)CC1. The lowest BCUT2D eigenvalue weighted by Crippen LogP contribution is -2.48. The van der Waals surface area contributed by atoms with Gasteiger partial charge >= 0.3 is 0 Å². The first-order chi connectivity index (χ1) is 11.8. The van der Waals surface area contributed by atoms with E-state index in [0.29, 0.717) is 19.8 Å². The Bertz CT molecular complexity index is 571. The number of hydrogen-bond acceptors (Lipinski definition) is 6. The maximum atomic E-state index is 10.1. The molecule has 5 nitrogen and oxygen atoms in total. The summed E-state index contributed by atoms with van der Waals surface area (Å²) in [4.78, 5) is 10.3. The number of piperazine rings is 1. The molecular weight excluding hydrogens is 322 g/mol. The maximum Gasteiger partial charge on any atom is 0.0900 e. The second-order valence-corrected chi connectivity index (χ2v) is 7.18. The number of β-amino-alcohol motifs (C(OH)–C–C–N with tert-alkyl or cyclic N) is 1. The minimum absolute atomic E-state index is 0.395. The van der Waals surface area contributed by atoms with Crippen LogP contribution < -0.4 is 0 Å². The van der Waals surface area contributed by atoms with Crippen molar-refractivity contribution < 1.29 is 9.84 Å². The summed E-state index contributed by atoms with van der Waals surface area (Å²) in [6.45, 7) is 6.56. The Morgan fingerprint density at radius 3 is 2.67 bits per heavy atom. The third kappa shape index (κ3) is 5.65. The molecule has 130 valence electrons. The Hall–Kier alpha value is -1.31. The molecule has 2 aromatic heterocycles. The van der Waals surface area contributed by atoms with Gasteiger partial charge in [0.15, 0.2) is 0 Å². The molecule has 1 N–H and O–H groups in total. The van der Waals surface area contributed by atoms with Crippen molar-refractivity contribution in [2.45, 2.75) is 19.3 Å². The Morgan fingerprint density at radius 1 is 1.12 bits per heavy atom. The molecule has 1 fully saturated rings. The van der Waals surface area contributed by atoms with Crippen molar-refractivity contribution in [2.24, 2.45) is 0 Å². The number of aliphatic hydroxyl groups is 1. The van der Waals surface area contributed by atoms with Gasteiger partial charge in [0.2, 0.25) is 0 Å². The lowest BCUT2D eigenvalue weighted by molar-refractivity contribution is 0.00145. The summed E-state index contributed by atoms with van der Waals surface area (Å²) in [6.07, 6.45) is 1.42. The molecule has 0 radical (unpaired) electrons. The van der Waals surface area contributed by atoms with Crippen LogP contribution in [0.3, 0.4) is 0 Å². The number of aromatic nitrogens is 1. The molecule has 3 heterocycles. The van der Waals surface area contributed by atoms with E-state index in [1.54, 1.807) is 11.3 Å². The zero-order valence-corrected chi connectivity index (χ0v) is 14.7. The zero-order valence-electron chi connectivity index (χ0n) is 13.9. The predicted molar refractivity (Wildman–Crippen MR) is 95.9 cm³/mol. The molecule has 0 aliphatic carbocycles. The summed E-state index contributed by atoms with van der Waals surface area (Å²) in [5, 5.41) is 12.2. The van der Waals surface area contributed by atoms with Gasteiger partial charge in [0.25, 0.3) is 0 Å². The molecule has 24 heavy (non-hydrogen) atoms. The van der Waals surface area contributed by atoms with Crippen molar-refractivity contribution in [1.29, 1.82) is 0 Å². The smallest absolute Gasteiger partial charge is 0.0900 e. The number of ether oxygens (including phenoxy) is 1. The zero-order chi connectivity index (χ0) is 16.6. The van der Waals surface area contributed by atoms with Crippen molar-refractivity contribution in [1.82, 2.24) is 14.8 Å².